The van der Waals surface area contributed by atoms with Gasteiger partial charge in [0, 0.05) is 37.9 Å². The first-order chi connectivity index (χ1) is 12.7. The molecule has 3 rings (SSSR count). The van der Waals surface area contributed by atoms with Gasteiger partial charge in [-0.1, -0.05) is 36.4 Å². The Morgan fingerprint density at radius 3 is 2.46 bits per heavy atom. The van der Waals surface area contributed by atoms with Gasteiger partial charge < -0.3 is 10.2 Å². The van der Waals surface area contributed by atoms with Crippen LogP contribution in [0, 0.1) is 5.92 Å². The zero-order valence-corrected chi connectivity index (χ0v) is 14.9. The van der Waals surface area contributed by atoms with Gasteiger partial charge in [0.05, 0.1) is 6.42 Å². The Bertz CT molecular complexity index is 711. The lowest BCUT2D eigenvalue weighted by Crippen LogP contribution is -2.43. The molecule has 0 spiro atoms. The van der Waals surface area contributed by atoms with Crippen molar-refractivity contribution in [3.8, 4) is 0 Å². The van der Waals surface area contributed by atoms with E-state index in [-0.39, 0.29) is 17.7 Å². The third-order valence-electron chi connectivity index (χ3n) is 4.85. The predicted molar refractivity (Wildman–Crippen MR) is 100 cm³/mol. The minimum atomic E-state index is 0.00761. The lowest BCUT2D eigenvalue weighted by Gasteiger charge is -2.31. The van der Waals surface area contributed by atoms with Gasteiger partial charge in [-0.15, -0.1) is 0 Å². The SMILES string of the molecule is O=C(NCCc1ccccc1)C1CCN(C(=O)Cc2cccnc2)CC1. The third kappa shape index (κ3) is 5.15. The first-order valence-corrected chi connectivity index (χ1v) is 9.20. The predicted octanol–water partition coefficient (Wildman–Crippen LogP) is 2.22. The second kappa shape index (κ2) is 9.13. The summed E-state index contributed by atoms with van der Waals surface area (Å²) in [4.78, 5) is 30.6. The number of piperidine rings is 1. The van der Waals surface area contributed by atoms with Crippen molar-refractivity contribution in [2.24, 2.45) is 5.92 Å². The number of hydrogen-bond acceptors (Lipinski definition) is 3. The fourth-order valence-corrected chi connectivity index (χ4v) is 3.30. The van der Waals surface area contributed by atoms with E-state index in [4.69, 9.17) is 0 Å². The zero-order valence-electron chi connectivity index (χ0n) is 14.9. The number of benzene rings is 1. The van der Waals surface area contributed by atoms with Crippen LogP contribution in [0.1, 0.15) is 24.0 Å². The van der Waals surface area contributed by atoms with E-state index in [1.807, 2.05) is 35.2 Å². The minimum Gasteiger partial charge on any atom is -0.356 e. The van der Waals surface area contributed by atoms with Gasteiger partial charge in [0.2, 0.25) is 11.8 Å². The van der Waals surface area contributed by atoms with E-state index in [2.05, 4.69) is 22.4 Å². The number of pyridine rings is 1. The van der Waals surface area contributed by atoms with Crippen LogP contribution in [0.2, 0.25) is 0 Å². The van der Waals surface area contributed by atoms with Crippen molar-refractivity contribution >= 4 is 11.8 Å². The lowest BCUT2D eigenvalue weighted by atomic mass is 9.95. The Morgan fingerprint density at radius 2 is 1.77 bits per heavy atom. The van der Waals surface area contributed by atoms with Gasteiger partial charge in [0.15, 0.2) is 0 Å². The average Bonchev–Trinajstić information content (AvgIpc) is 2.69. The van der Waals surface area contributed by atoms with Gasteiger partial charge in [0.1, 0.15) is 0 Å². The number of rotatable bonds is 6. The van der Waals surface area contributed by atoms with Gasteiger partial charge in [-0.25, -0.2) is 0 Å². The maximum absolute atomic E-state index is 12.4. The average molecular weight is 351 g/mol. The largest absolute Gasteiger partial charge is 0.356 e. The summed E-state index contributed by atoms with van der Waals surface area (Å²) in [5, 5.41) is 3.03. The van der Waals surface area contributed by atoms with Gasteiger partial charge in [-0.2, -0.15) is 0 Å². The lowest BCUT2D eigenvalue weighted by molar-refractivity contribution is -0.135. The smallest absolute Gasteiger partial charge is 0.227 e. The van der Waals surface area contributed by atoms with Crippen LogP contribution in [0.15, 0.2) is 54.9 Å². The number of aromatic nitrogens is 1. The summed E-state index contributed by atoms with van der Waals surface area (Å²) in [5.74, 6) is 0.231. The molecule has 2 heterocycles. The quantitative estimate of drug-likeness (QED) is 0.868. The molecule has 0 saturated carbocycles. The fourth-order valence-electron chi connectivity index (χ4n) is 3.30. The summed E-state index contributed by atoms with van der Waals surface area (Å²) < 4.78 is 0. The minimum absolute atomic E-state index is 0.00761. The molecule has 2 aromatic rings. The van der Waals surface area contributed by atoms with Gasteiger partial charge in [-0.05, 0) is 36.5 Å². The van der Waals surface area contributed by atoms with E-state index in [1.165, 1.54) is 5.56 Å². The van der Waals surface area contributed by atoms with Crippen molar-refractivity contribution in [2.45, 2.75) is 25.7 Å². The van der Waals surface area contributed by atoms with E-state index in [0.717, 1.165) is 24.8 Å². The standard InChI is InChI=1S/C21H25N3O2/c25-20(15-18-7-4-11-22-16-18)24-13-9-19(10-14-24)21(26)23-12-8-17-5-2-1-3-6-17/h1-7,11,16,19H,8-10,12-15H2,(H,23,26). The molecule has 26 heavy (non-hydrogen) atoms. The number of amides is 2. The molecule has 0 bridgehead atoms. The summed E-state index contributed by atoms with van der Waals surface area (Å²) in [6.45, 7) is 1.95. The second-order valence-corrected chi connectivity index (χ2v) is 6.72. The van der Waals surface area contributed by atoms with Crippen molar-refractivity contribution in [3.05, 3.63) is 66.0 Å². The van der Waals surface area contributed by atoms with Crippen molar-refractivity contribution in [1.29, 1.82) is 0 Å². The summed E-state index contributed by atoms with van der Waals surface area (Å²) in [5.41, 5.74) is 2.15. The number of carbonyl (C=O) groups excluding carboxylic acids is 2. The topological polar surface area (TPSA) is 62.3 Å². The van der Waals surface area contributed by atoms with E-state index >= 15 is 0 Å². The molecular weight excluding hydrogens is 326 g/mol. The molecule has 1 N–H and O–H groups in total. The molecule has 1 aliphatic heterocycles. The van der Waals surface area contributed by atoms with Gasteiger partial charge in [0.25, 0.3) is 0 Å². The molecule has 2 amide bonds. The van der Waals surface area contributed by atoms with E-state index in [9.17, 15) is 9.59 Å². The molecular formula is C21H25N3O2. The summed E-state index contributed by atoms with van der Waals surface area (Å²) in [6, 6.07) is 13.9. The molecule has 5 nitrogen and oxygen atoms in total. The van der Waals surface area contributed by atoms with Crippen molar-refractivity contribution in [2.75, 3.05) is 19.6 Å². The van der Waals surface area contributed by atoms with E-state index in [0.29, 0.717) is 26.1 Å². The molecule has 1 saturated heterocycles. The number of nitrogens with zero attached hydrogens (tertiary/aromatic N) is 2. The summed E-state index contributed by atoms with van der Waals surface area (Å²) in [6.07, 6.45) is 6.11. The van der Waals surface area contributed by atoms with E-state index < -0.39 is 0 Å². The van der Waals surface area contributed by atoms with Crippen LogP contribution in [0.5, 0.6) is 0 Å². The number of likely N-dealkylation sites (tertiary alicyclic amines) is 1. The van der Waals surface area contributed by atoms with Crippen LogP contribution in [-0.2, 0) is 22.4 Å². The number of carbonyl (C=O) groups is 2. The molecule has 0 aliphatic carbocycles. The molecule has 0 radical (unpaired) electrons. The number of nitrogens with one attached hydrogen (secondary N) is 1. The molecule has 1 fully saturated rings. The molecule has 136 valence electrons. The van der Waals surface area contributed by atoms with Crippen LogP contribution in [0.4, 0.5) is 0 Å². The van der Waals surface area contributed by atoms with Crippen molar-refractivity contribution in [1.82, 2.24) is 15.2 Å². The Balaban J connectivity index is 1.38. The maximum atomic E-state index is 12.4. The Hall–Kier alpha value is -2.69. The molecule has 5 heteroatoms. The molecule has 0 unspecified atom stereocenters. The molecule has 1 aromatic heterocycles. The van der Waals surface area contributed by atoms with Gasteiger partial charge >= 0.3 is 0 Å². The maximum Gasteiger partial charge on any atom is 0.227 e. The van der Waals surface area contributed by atoms with Gasteiger partial charge in [-0.3, -0.25) is 14.6 Å². The van der Waals surface area contributed by atoms with Crippen molar-refractivity contribution in [3.63, 3.8) is 0 Å². The molecule has 0 atom stereocenters. The van der Waals surface area contributed by atoms with Crippen LogP contribution >= 0.6 is 0 Å². The summed E-state index contributed by atoms with van der Waals surface area (Å²) >= 11 is 0. The van der Waals surface area contributed by atoms with Crippen LogP contribution in [0.3, 0.4) is 0 Å². The fraction of sp³-hybridized carbons (Fsp3) is 0.381. The first-order valence-electron chi connectivity index (χ1n) is 9.20. The highest BCUT2D eigenvalue weighted by atomic mass is 16.2. The van der Waals surface area contributed by atoms with Crippen LogP contribution in [0.25, 0.3) is 0 Å². The van der Waals surface area contributed by atoms with E-state index in [1.54, 1.807) is 12.4 Å². The molecule has 1 aliphatic rings. The highest BCUT2D eigenvalue weighted by Gasteiger charge is 2.27. The van der Waals surface area contributed by atoms with Crippen LogP contribution < -0.4 is 5.32 Å². The first kappa shape index (κ1) is 18.1. The van der Waals surface area contributed by atoms with Crippen LogP contribution in [-0.4, -0.2) is 41.3 Å². The highest BCUT2D eigenvalue weighted by Crippen LogP contribution is 2.18. The van der Waals surface area contributed by atoms with Crippen molar-refractivity contribution < 1.29 is 9.59 Å². The Labute approximate surface area is 154 Å². The number of hydrogen-bond donors (Lipinski definition) is 1. The second-order valence-electron chi connectivity index (χ2n) is 6.72. The molecule has 1 aromatic carbocycles. The Kier molecular flexibility index (Phi) is 6.36. The highest BCUT2D eigenvalue weighted by molar-refractivity contribution is 5.81. The zero-order chi connectivity index (χ0) is 18.2. The summed E-state index contributed by atoms with van der Waals surface area (Å²) in [7, 11) is 0. The normalized spacial score (nSPS) is 14.8. The Morgan fingerprint density at radius 1 is 1.04 bits per heavy atom. The monoisotopic (exact) mass is 351 g/mol. The third-order valence-corrected chi connectivity index (χ3v) is 4.85.